The third kappa shape index (κ3) is 2.95. The maximum Gasteiger partial charge on any atom is 0.271 e. The molecule has 0 fully saturated rings. The Morgan fingerprint density at radius 1 is 1.47 bits per heavy atom. The number of nitrogens with zero attached hydrogens (tertiary/aromatic N) is 1. The molecule has 0 amide bonds. The molecule has 3 N–H and O–H groups in total. The van der Waals surface area contributed by atoms with Gasteiger partial charge in [-0.1, -0.05) is 20.8 Å². The van der Waals surface area contributed by atoms with Crippen molar-refractivity contribution in [2.75, 3.05) is 0 Å². The minimum atomic E-state index is -0.511. The Bertz CT molecular complexity index is 455. The molecule has 0 radical (unpaired) electrons. The van der Waals surface area contributed by atoms with E-state index in [1.807, 2.05) is 20.8 Å². The van der Waals surface area contributed by atoms with Gasteiger partial charge in [-0.2, -0.15) is 0 Å². The SMILES string of the molecule is CC(C)(C)[C@@H](N)c1cc([N+](=O)[O-])cc(Br)c1O. The monoisotopic (exact) mass is 302 g/mol. The number of benzene rings is 1. The molecule has 0 heterocycles. The van der Waals surface area contributed by atoms with Crippen molar-refractivity contribution in [1.29, 1.82) is 0 Å². The summed E-state index contributed by atoms with van der Waals surface area (Å²) in [5.74, 6) is -0.0435. The van der Waals surface area contributed by atoms with E-state index in [0.717, 1.165) is 0 Å². The Kier molecular flexibility index (Phi) is 3.78. The summed E-state index contributed by atoms with van der Waals surface area (Å²) in [6, 6.07) is 2.09. The van der Waals surface area contributed by atoms with E-state index >= 15 is 0 Å². The van der Waals surface area contributed by atoms with Crippen molar-refractivity contribution in [2.45, 2.75) is 26.8 Å². The van der Waals surface area contributed by atoms with Gasteiger partial charge in [0.25, 0.3) is 5.69 Å². The van der Waals surface area contributed by atoms with E-state index < -0.39 is 11.0 Å². The topological polar surface area (TPSA) is 89.4 Å². The summed E-state index contributed by atoms with van der Waals surface area (Å²) in [5.41, 5.74) is 5.99. The second-order valence-corrected chi connectivity index (χ2v) is 5.82. The number of halogens is 1. The van der Waals surface area contributed by atoms with Crippen molar-refractivity contribution in [3.63, 3.8) is 0 Å². The molecule has 1 rings (SSSR count). The third-order valence-electron chi connectivity index (χ3n) is 2.56. The van der Waals surface area contributed by atoms with Gasteiger partial charge in [0.05, 0.1) is 9.40 Å². The third-order valence-corrected chi connectivity index (χ3v) is 3.16. The van der Waals surface area contributed by atoms with Crippen LogP contribution in [0.2, 0.25) is 0 Å². The summed E-state index contributed by atoms with van der Waals surface area (Å²) in [6.45, 7) is 5.72. The molecule has 1 aromatic rings. The predicted octanol–water partition coefficient (Wildman–Crippen LogP) is 3.11. The number of rotatable bonds is 2. The lowest BCUT2D eigenvalue weighted by molar-refractivity contribution is -0.385. The highest BCUT2D eigenvalue weighted by atomic mass is 79.9. The Hall–Kier alpha value is -1.14. The Labute approximate surface area is 108 Å². The number of phenolic OH excluding ortho intramolecular Hbond substituents is 1. The van der Waals surface area contributed by atoms with E-state index in [0.29, 0.717) is 5.56 Å². The van der Waals surface area contributed by atoms with Crippen LogP contribution in [-0.2, 0) is 0 Å². The first-order valence-electron chi connectivity index (χ1n) is 5.07. The predicted molar refractivity (Wildman–Crippen MR) is 68.8 cm³/mol. The van der Waals surface area contributed by atoms with Crippen molar-refractivity contribution in [3.05, 3.63) is 32.3 Å². The van der Waals surface area contributed by atoms with Crippen LogP contribution < -0.4 is 5.73 Å². The zero-order valence-corrected chi connectivity index (χ0v) is 11.5. The second kappa shape index (κ2) is 4.62. The van der Waals surface area contributed by atoms with Crippen LogP contribution in [0.1, 0.15) is 32.4 Å². The minimum Gasteiger partial charge on any atom is -0.506 e. The summed E-state index contributed by atoms with van der Waals surface area (Å²) < 4.78 is 0.279. The molecule has 5 nitrogen and oxygen atoms in total. The summed E-state index contributed by atoms with van der Waals surface area (Å²) in [6.07, 6.45) is 0. The average molecular weight is 303 g/mol. The van der Waals surface area contributed by atoms with Crippen LogP contribution in [0.25, 0.3) is 0 Å². The fraction of sp³-hybridized carbons (Fsp3) is 0.455. The van der Waals surface area contributed by atoms with Gasteiger partial charge in [0, 0.05) is 23.7 Å². The number of aromatic hydroxyl groups is 1. The molecular formula is C11H15BrN2O3. The van der Waals surface area contributed by atoms with Gasteiger partial charge in [0.15, 0.2) is 0 Å². The normalized spacial score (nSPS) is 13.5. The smallest absolute Gasteiger partial charge is 0.271 e. The number of non-ortho nitro benzene ring substituents is 1. The molecule has 17 heavy (non-hydrogen) atoms. The van der Waals surface area contributed by atoms with Crippen molar-refractivity contribution >= 4 is 21.6 Å². The fourth-order valence-electron chi connectivity index (χ4n) is 1.41. The highest BCUT2D eigenvalue weighted by Crippen LogP contribution is 2.40. The van der Waals surface area contributed by atoms with Gasteiger partial charge in [0.1, 0.15) is 5.75 Å². The molecule has 0 unspecified atom stereocenters. The number of phenols is 1. The lowest BCUT2D eigenvalue weighted by Gasteiger charge is -2.28. The van der Waals surface area contributed by atoms with E-state index in [9.17, 15) is 15.2 Å². The summed E-state index contributed by atoms with van der Waals surface area (Å²) >= 11 is 3.09. The molecular weight excluding hydrogens is 288 g/mol. The molecule has 0 aliphatic carbocycles. The maximum absolute atomic E-state index is 10.8. The molecule has 94 valence electrons. The molecule has 6 heteroatoms. The van der Waals surface area contributed by atoms with Gasteiger partial charge in [-0.15, -0.1) is 0 Å². The molecule has 0 bridgehead atoms. The zero-order valence-electron chi connectivity index (χ0n) is 9.90. The van der Waals surface area contributed by atoms with Crippen molar-refractivity contribution in [2.24, 2.45) is 11.1 Å². The van der Waals surface area contributed by atoms with Gasteiger partial charge in [0.2, 0.25) is 0 Å². The number of nitro benzene ring substituents is 1. The number of nitro groups is 1. The van der Waals surface area contributed by atoms with E-state index in [4.69, 9.17) is 5.73 Å². The van der Waals surface area contributed by atoms with Crippen LogP contribution in [0.4, 0.5) is 5.69 Å². The van der Waals surface area contributed by atoms with Crippen molar-refractivity contribution in [3.8, 4) is 5.75 Å². The van der Waals surface area contributed by atoms with E-state index in [1.54, 1.807) is 0 Å². The maximum atomic E-state index is 10.8. The van der Waals surface area contributed by atoms with Crippen LogP contribution >= 0.6 is 15.9 Å². The largest absolute Gasteiger partial charge is 0.506 e. The van der Waals surface area contributed by atoms with Gasteiger partial charge in [-0.25, -0.2) is 0 Å². The molecule has 1 aromatic carbocycles. The quantitative estimate of drug-likeness (QED) is 0.649. The zero-order chi connectivity index (χ0) is 13.4. The molecule has 0 saturated heterocycles. The highest BCUT2D eigenvalue weighted by Gasteiger charge is 2.27. The number of hydrogen-bond acceptors (Lipinski definition) is 4. The Morgan fingerprint density at radius 2 is 2.00 bits per heavy atom. The van der Waals surface area contributed by atoms with Gasteiger partial charge >= 0.3 is 0 Å². The molecule has 0 aromatic heterocycles. The second-order valence-electron chi connectivity index (χ2n) is 4.97. The van der Waals surface area contributed by atoms with E-state index in [-0.39, 0.29) is 21.3 Å². The van der Waals surface area contributed by atoms with E-state index in [2.05, 4.69) is 15.9 Å². The fourth-order valence-corrected chi connectivity index (χ4v) is 1.88. The standard InChI is InChI=1S/C11H15BrN2O3/c1-11(2,3)10(13)7-4-6(14(16)17)5-8(12)9(7)15/h4-5,10,15H,13H2,1-3H3/t10-/m0/s1. The first-order chi connectivity index (χ1) is 7.64. The molecule has 0 saturated carbocycles. The lowest BCUT2D eigenvalue weighted by atomic mass is 9.82. The molecule has 1 atom stereocenters. The Balaban J connectivity index is 3.37. The summed E-state index contributed by atoms with van der Waals surface area (Å²) in [7, 11) is 0. The van der Waals surface area contributed by atoms with Crippen LogP contribution in [-0.4, -0.2) is 10.0 Å². The minimum absolute atomic E-state index is 0.0435. The Morgan fingerprint density at radius 3 is 2.41 bits per heavy atom. The van der Waals surface area contributed by atoms with Crippen LogP contribution in [0.15, 0.2) is 16.6 Å². The van der Waals surface area contributed by atoms with Crippen molar-refractivity contribution in [1.82, 2.24) is 0 Å². The highest BCUT2D eigenvalue weighted by molar-refractivity contribution is 9.10. The summed E-state index contributed by atoms with van der Waals surface area (Å²) in [5, 5.41) is 20.6. The average Bonchev–Trinajstić information content (AvgIpc) is 2.19. The first-order valence-corrected chi connectivity index (χ1v) is 5.86. The van der Waals surface area contributed by atoms with Crippen LogP contribution in [0.3, 0.4) is 0 Å². The molecule has 0 spiro atoms. The molecule has 0 aliphatic rings. The van der Waals surface area contributed by atoms with Gasteiger partial charge in [-0.3, -0.25) is 10.1 Å². The first kappa shape index (κ1) is 13.9. The van der Waals surface area contributed by atoms with Gasteiger partial charge in [-0.05, 0) is 21.3 Å². The summed E-state index contributed by atoms with van der Waals surface area (Å²) in [4.78, 5) is 10.2. The van der Waals surface area contributed by atoms with Crippen molar-refractivity contribution < 1.29 is 10.0 Å². The lowest BCUT2D eigenvalue weighted by Crippen LogP contribution is -2.26. The van der Waals surface area contributed by atoms with Crippen LogP contribution in [0, 0.1) is 15.5 Å². The van der Waals surface area contributed by atoms with Crippen LogP contribution in [0.5, 0.6) is 5.75 Å². The van der Waals surface area contributed by atoms with Gasteiger partial charge < -0.3 is 10.8 Å². The number of hydrogen-bond donors (Lipinski definition) is 2. The molecule has 0 aliphatic heterocycles. The number of nitrogens with two attached hydrogens (primary N) is 1. The van der Waals surface area contributed by atoms with E-state index in [1.165, 1.54) is 12.1 Å².